The van der Waals surface area contributed by atoms with E-state index in [2.05, 4.69) is 15.1 Å². The Kier molecular flexibility index (Phi) is 5.52. The summed E-state index contributed by atoms with van der Waals surface area (Å²) in [6, 6.07) is 6.83. The fraction of sp³-hybridized carbons (Fsp3) is 0.217. The molecule has 0 aliphatic carbocycles. The molecule has 1 saturated heterocycles. The van der Waals surface area contributed by atoms with Crippen LogP contribution in [0.3, 0.4) is 0 Å². The van der Waals surface area contributed by atoms with Gasteiger partial charge >= 0.3 is 12.2 Å². The molecule has 35 heavy (non-hydrogen) atoms. The number of amides is 2. The van der Waals surface area contributed by atoms with Crippen LogP contribution in [-0.2, 0) is 12.6 Å². The maximum atomic E-state index is 13.1. The van der Waals surface area contributed by atoms with Crippen LogP contribution in [0.15, 0.2) is 61.3 Å². The molecule has 180 valence electrons. The van der Waals surface area contributed by atoms with Crippen molar-refractivity contribution in [3.05, 3.63) is 72.4 Å². The van der Waals surface area contributed by atoms with Crippen LogP contribution < -0.4 is 14.5 Å². The standard InChI is InChI=1S/C23H19F3N6O3/c1-2-14-9-16(3-4-18(14)35-19-5-6-29-31-8-7-28-21(19)31)32-20(33)13-30(22(32)34)17-10-15(11-27-12-17)23(24,25)26/h3-12,20,33H,2,13H2,1H3. The Bertz CT molecular complexity index is 1410. The number of imidazole rings is 1. The third kappa shape index (κ3) is 4.12. The molecule has 4 heterocycles. The molecule has 0 spiro atoms. The summed E-state index contributed by atoms with van der Waals surface area (Å²) in [5, 5.41) is 14.8. The SMILES string of the molecule is CCc1cc(N2C(=O)N(c3cncc(C(F)(F)F)c3)CC2O)ccc1Oc1ccnn2ccnc12. The van der Waals surface area contributed by atoms with Crippen molar-refractivity contribution in [3.8, 4) is 11.5 Å². The first-order chi connectivity index (χ1) is 16.8. The molecular formula is C23H19F3N6O3. The fourth-order valence-electron chi connectivity index (χ4n) is 3.91. The zero-order chi connectivity index (χ0) is 24.7. The van der Waals surface area contributed by atoms with Crippen molar-refractivity contribution in [3.63, 3.8) is 0 Å². The highest BCUT2D eigenvalue weighted by atomic mass is 19.4. The first-order valence-electron chi connectivity index (χ1n) is 10.7. The second kappa shape index (κ2) is 8.55. The molecule has 0 radical (unpaired) electrons. The van der Waals surface area contributed by atoms with Crippen molar-refractivity contribution in [1.82, 2.24) is 19.6 Å². The van der Waals surface area contributed by atoms with Crippen LogP contribution in [0.1, 0.15) is 18.1 Å². The molecule has 1 aliphatic heterocycles. The van der Waals surface area contributed by atoms with Crippen LogP contribution in [0.4, 0.5) is 29.3 Å². The molecule has 9 nitrogen and oxygen atoms in total. The number of fused-ring (bicyclic) bond motifs is 1. The summed E-state index contributed by atoms with van der Waals surface area (Å²) >= 11 is 0. The van der Waals surface area contributed by atoms with E-state index in [0.717, 1.165) is 27.6 Å². The number of β-amino-alcohol motifs (C(OH)–C–C–N with tert-alkyl or cyclic N) is 1. The number of urea groups is 1. The van der Waals surface area contributed by atoms with Gasteiger partial charge in [0.25, 0.3) is 0 Å². The largest absolute Gasteiger partial charge is 0.453 e. The Hall–Kier alpha value is -4.19. The lowest BCUT2D eigenvalue weighted by Gasteiger charge is -2.22. The highest BCUT2D eigenvalue weighted by molar-refractivity contribution is 6.06. The van der Waals surface area contributed by atoms with Gasteiger partial charge in [0.15, 0.2) is 17.6 Å². The third-order valence-electron chi connectivity index (χ3n) is 5.63. The van der Waals surface area contributed by atoms with Gasteiger partial charge < -0.3 is 9.84 Å². The van der Waals surface area contributed by atoms with E-state index in [1.54, 1.807) is 47.4 Å². The van der Waals surface area contributed by atoms with Gasteiger partial charge in [-0.15, -0.1) is 0 Å². The number of halogens is 3. The molecule has 5 rings (SSSR count). The number of nitrogens with zero attached hydrogens (tertiary/aromatic N) is 6. The Labute approximate surface area is 197 Å². The molecule has 1 aliphatic rings. The molecule has 1 atom stereocenters. The lowest BCUT2D eigenvalue weighted by Crippen LogP contribution is -2.35. The minimum Gasteiger partial charge on any atom is -0.453 e. The maximum absolute atomic E-state index is 13.1. The van der Waals surface area contributed by atoms with E-state index in [1.807, 2.05) is 6.92 Å². The first-order valence-corrected chi connectivity index (χ1v) is 10.7. The molecule has 1 aromatic carbocycles. The molecule has 0 bridgehead atoms. The second-order valence-corrected chi connectivity index (χ2v) is 7.81. The van der Waals surface area contributed by atoms with Crippen molar-refractivity contribution >= 4 is 23.1 Å². The molecule has 1 fully saturated rings. The summed E-state index contributed by atoms with van der Waals surface area (Å²) in [7, 11) is 0. The number of alkyl halides is 3. The number of carbonyl (C=O) groups is 1. The summed E-state index contributed by atoms with van der Waals surface area (Å²) in [5.74, 6) is 1.03. The summed E-state index contributed by atoms with van der Waals surface area (Å²) in [4.78, 5) is 23.1. The van der Waals surface area contributed by atoms with Crippen LogP contribution in [0.25, 0.3) is 5.65 Å². The predicted octanol–water partition coefficient (Wildman–Crippen LogP) is 4.26. The zero-order valence-electron chi connectivity index (χ0n) is 18.3. The van der Waals surface area contributed by atoms with E-state index >= 15 is 0 Å². The molecule has 1 N–H and O–H groups in total. The number of pyridine rings is 1. The first kappa shape index (κ1) is 22.6. The van der Waals surface area contributed by atoms with Gasteiger partial charge in [-0.25, -0.2) is 14.3 Å². The van der Waals surface area contributed by atoms with Gasteiger partial charge in [0.2, 0.25) is 0 Å². The average molecular weight is 484 g/mol. The topological polar surface area (TPSA) is 96.1 Å². The number of rotatable bonds is 5. The van der Waals surface area contributed by atoms with E-state index in [9.17, 15) is 23.1 Å². The van der Waals surface area contributed by atoms with Crippen molar-refractivity contribution in [1.29, 1.82) is 0 Å². The fourth-order valence-corrected chi connectivity index (χ4v) is 3.91. The van der Waals surface area contributed by atoms with Gasteiger partial charge in [0, 0.05) is 30.3 Å². The number of carbonyl (C=O) groups excluding carboxylic acids is 1. The van der Waals surface area contributed by atoms with E-state index < -0.39 is 24.0 Å². The maximum Gasteiger partial charge on any atom is 0.417 e. The van der Waals surface area contributed by atoms with Gasteiger partial charge in [0.1, 0.15) is 5.75 Å². The Morgan fingerprint density at radius 2 is 1.94 bits per heavy atom. The summed E-state index contributed by atoms with van der Waals surface area (Å²) in [6.07, 6.45) is 1.40. The number of aliphatic hydroxyl groups is 1. The third-order valence-corrected chi connectivity index (χ3v) is 5.63. The Morgan fingerprint density at radius 3 is 2.71 bits per heavy atom. The summed E-state index contributed by atoms with van der Waals surface area (Å²) in [6.45, 7) is 1.70. The number of hydrogen-bond acceptors (Lipinski definition) is 6. The zero-order valence-corrected chi connectivity index (χ0v) is 18.3. The highest BCUT2D eigenvalue weighted by Gasteiger charge is 2.39. The molecule has 1 unspecified atom stereocenters. The lowest BCUT2D eigenvalue weighted by molar-refractivity contribution is -0.137. The lowest BCUT2D eigenvalue weighted by atomic mass is 10.1. The van der Waals surface area contributed by atoms with Crippen LogP contribution in [0, 0.1) is 0 Å². The minimum absolute atomic E-state index is 0.0524. The molecular weight excluding hydrogens is 465 g/mol. The number of benzene rings is 1. The predicted molar refractivity (Wildman–Crippen MR) is 119 cm³/mol. The van der Waals surface area contributed by atoms with E-state index in [1.165, 1.54) is 0 Å². The second-order valence-electron chi connectivity index (χ2n) is 7.81. The molecule has 0 saturated carbocycles. The summed E-state index contributed by atoms with van der Waals surface area (Å²) in [5.41, 5.74) is 0.642. The van der Waals surface area contributed by atoms with Gasteiger partial charge in [-0.1, -0.05) is 6.92 Å². The summed E-state index contributed by atoms with van der Waals surface area (Å²) < 4.78 is 46.9. The number of hydrogen-bond donors (Lipinski definition) is 1. The van der Waals surface area contributed by atoms with E-state index in [0.29, 0.717) is 35.5 Å². The molecule has 2 amide bonds. The van der Waals surface area contributed by atoms with Crippen molar-refractivity contribution < 1.29 is 27.8 Å². The average Bonchev–Trinajstić information content (AvgIpc) is 3.43. The number of aromatic nitrogens is 4. The van der Waals surface area contributed by atoms with E-state index in [4.69, 9.17) is 4.74 Å². The molecule has 4 aromatic rings. The van der Waals surface area contributed by atoms with E-state index in [-0.39, 0.29) is 12.2 Å². The molecule has 12 heteroatoms. The van der Waals surface area contributed by atoms with Crippen LogP contribution in [-0.4, -0.2) is 43.5 Å². The van der Waals surface area contributed by atoms with Crippen LogP contribution >= 0.6 is 0 Å². The number of ether oxygens (including phenoxy) is 1. The Balaban J connectivity index is 1.43. The van der Waals surface area contributed by atoms with Gasteiger partial charge in [-0.05, 0) is 36.2 Å². The highest BCUT2D eigenvalue weighted by Crippen LogP contribution is 2.36. The quantitative estimate of drug-likeness (QED) is 0.455. The Morgan fingerprint density at radius 1 is 1.11 bits per heavy atom. The normalized spacial score (nSPS) is 16.4. The number of anilines is 2. The smallest absolute Gasteiger partial charge is 0.417 e. The number of aliphatic hydroxyl groups excluding tert-OH is 1. The van der Waals surface area contributed by atoms with Gasteiger partial charge in [-0.2, -0.15) is 18.3 Å². The van der Waals surface area contributed by atoms with Crippen LogP contribution in [0.2, 0.25) is 0 Å². The van der Waals surface area contributed by atoms with Crippen molar-refractivity contribution in [2.45, 2.75) is 25.7 Å². The van der Waals surface area contributed by atoms with Crippen LogP contribution in [0.5, 0.6) is 11.5 Å². The van der Waals surface area contributed by atoms with Crippen molar-refractivity contribution in [2.75, 3.05) is 16.3 Å². The van der Waals surface area contributed by atoms with Crippen molar-refractivity contribution in [2.24, 2.45) is 0 Å². The minimum atomic E-state index is -4.60. The number of aryl methyl sites for hydroxylation is 1. The van der Waals surface area contributed by atoms with Gasteiger partial charge in [-0.3, -0.25) is 14.8 Å². The van der Waals surface area contributed by atoms with Gasteiger partial charge in [0.05, 0.1) is 30.2 Å². The monoisotopic (exact) mass is 484 g/mol. The molecule has 3 aromatic heterocycles.